The highest BCUT2D eigenvalue weighted by molar-refractivity contribution is 5.85. The van der Waals surface area contributed by atoms with Gasteiger partial charge in [0.15, 0.2) is 0 Å². The predicted molar refractivity (Wildman–Crippen MR) is 82.9 cm³/mol. The first-order valence-corrected chi connectivity index (χ1v) is 6.97. The molecule has 0 rings (SSSR count). The van der Waals surface area contributed by atoms with E-state index in [4.69, 9.17) is 10.8 Å². The highest BCUT2D eigenvalue weighted by Crippen LogP contribution is 2.15. The molecule has 0 aliphatic carbocycles. The first kappa shape index (κ1) is 21.5. The van der Waals surface area contributed by atoms with Crippen molar-refractivity contribution in [3.05, 3.63) is 0 Å². The minimum atomic E-state index is -0.827. The van der Waals surface area contributed by atoms with Crippen LogP contribution in [-0.2, 0) is 9.59 Å². The van der Waals surface area contributed by atoms with Gasteiger partial charge in [-0.25, -0.2) is 0 Å². The molecular weight excluding hydrogens is 280 g/mol. The maximum Gasteiger partial charge on any atom is 0.303 e. The van der Waals surface area contributed by atoms with Gasteiger partial charge in [0.25, 0.3) is 0 Å². The molecule has 0 aliphatic heterocycles. The summed E-state index contributed by atoms with van der Waals surface area (Å²) < 4.78 is 0. The van der Waals surface area contributed by atoms with Gasteiger partial charge in [0.2, 0.25) is 5.91 Å². The summed E-state index contributed by atoms with van der Waals surface area (Å²) in [5, 5.41) is 11.6. The lowest BCUT2D eigenvalue weighted by Gasteiger charge is -2.20. The largest absolute Gasteiger partial charge is 0.481 e. The van der Waals surface area contributed by atoms with Crippen LogP contribution < -0.4 is 11.1 Å². The topological polar surface area (TPSA) is 92.4 Å². The Labute approximate surface area is 128 Å². The number of nitrogens with two attached hydrogens (primary N) is 1. The van der Waals surface area contributed by atoms with Gasteiger partial charge in [0.1, 0.15) is 0 Å². The van der Waals surface area contributed by atoms with Gasteiger partial charge in [-0.1, -0.05) is 27.7 Å². The number of hydrogen-bond donors (Lipinski definition) is 3. The summed E-state index contributed by atoms with van der Waals surface area (Å²) in [6, 6.07) is -0.510. The van der Waals surface area contributed by atoms with E-state index in [0.29, 0.717) is 24.8 Å². The van der Waals surface area contributed by atoms with Gasteiger partial charge in [-0.3, -0.25) is 9.59 Å². The number of carboxylic acids is 1. The number of carbonyl (C=O) groups is 2. The highest BCUT2D eigenvalue weighted by atomic mass is 35.5. The fourth-order valence-corrected chi connectivity index (χ4v) is 2.14. The van der Waals surface area contributed by atoms with Gasteiger partial charge < -0.3 is 16.2 Å². The molecule has 0 aliphatic rings. The minimum Gasteiger partial charge on any atom is -0.481 e. The van der Waals surface area contributed by atoms with Crippen molar-refractivity contribution in [1.29, 1.82) is 0 Å². The van der Waals surface area contributed by atoms with Gasteiger partial charge in [0.05, 0.1) is 6.04 Å². The number of aliphatic carboxylic acids is 1. The molecule has 0 unspecified atom stereocenters. The van der Waals surface area contributed by atoms with Crippen molar-refractivity contribution < 1.29 is 14.7 Å². The SMILES string of the molecule is CC(C)C[C@H](CNC(=O)[C@@H](N)CC(C)C)CC(=O)O.Cl. The summed E-state index contributed by atoms with van der Waals surface area (Å²) in [4.78, 5) is 22.5. The predicted octanol–water partition coefficient (Wildman–Crippen LogP) is 2.03. The third kappa shape index (κ3) is 11.1. The average molecular weight is 309 g/mol. The molecule has 0 radical (unpaired) electrons. The third-order valence-corrected chi connectivity index (χ3v) is 2.90. The molecule has 0 spiro atoms. The Morgan fingerprint density at radius 1 is 1.10 bits per heavy atom. The van der Waals surface area contributed by atoms with Gasteiger partial charge in [-0.05, 0) is 30.6 Å². The van der Waals surface area contributed by atoms with E-state index in [2.05, 4.69) is 5.32 Å². The molecule has 0 aromatic heterocycles. The minimum absolute atomic E-state index is 0. The van der Waals surface area contributed by atoms with Crippen molar-refractivity contribution >= 4 is 24.3 Å². The molecule has 1 amide bonds. The van der Waals surface area contributed by atoms with Crippen molar-refractivity contribution in [2.45, 2.75) is 53.0 Å². The fraction of sp³-hybridized carbons (Fsp3) is 0.857. The first-order chi connectivity index (χ1) is 8.72. The van der Waals surface area contributed by atoms with Gasteiger partial charge in [-0.15, -0.1) is 12.4 Å². The monoisotopic (exact) mass is 308 g/mol. The van der Waals surface area contributed by atoms with E-state index < -0.39 is 12.0 Å². The standard InChI is InChI=1S/C14H28N2O3.ClH/c1-9(2)5-11(7-13(17)18)8-16-14(19)12(15)6-10(3)4;/h9-12H,5-8,15H2,1-4H3,(H,16,19)(H,17,18);1H/t11-,12-;/m0./s1. The normalized spacial score (nSPS) is 13.8. The van der Waals surface area contributed by atoms with Crippen LogP contribution >= 0.6 is 12.4 Å². The van der Waals surface area contributed by atoms with Crippen molar-refractivity contribution in [1.82, 2.24) is 5.32 Å². The second-order valence-corrected chi connectivity index (χ2v) is 6.07. The molecule has 0 aromatic carbocycles. The lowest BCUT2D eigenvalue weighted by atomic mass is 9.94. The van der Waals surface area contributed by atoms with Crippen molar-refractivity contribution in [3.8, 4) is 0 Å². The van der Waals surface area contributed by atoms with Crippen LogP contribution in [0.3, 0.4) is 0 Å². The molecule has 0 fully saturated rings. The van der Waals surface area contributed by atoms with Crippen molar-refractivity contribution in [2.24, 2.45) is 23.5 Å². The number of halogens is 1. The van der Waals surface area contributed by atoms with Crippen LogP contribution in [0.15, 0.2) is 0 Å². The third-order valence-electron chi connectivity index (χ3n) is 2.90. The van der Waals surface area contributed by atoms with Gasteiger partial charge in [-0.2, -0.15) is 0 Å². The van der Waals surface area contributed by atoms with E-state index in [0.717, 1.165) is 6.42 Å². The number of carbonyl (C=O) groups excluding carboxylic acids is 1. The molecule has 0 aromatic rings. The summed E-state index contributed by atoms with van der Waals surface area (Å²) in [6.07, 6.45) is 1.50. The zero-order chi connectivity index (χ0) is 15.0. The maximum atomic E-state index is 11.8. The van der Waals surface area contributed by atoms with Crippen LogP contribution in [0.1, 0.15) is 47.0 Å². The molecule has 120 valence electrons. The van der Waals surface area contributed by atoms with Crippen molar-refractivity contribution in [3.63, 3.8) is 0 Å². The smallest absolute Gasteiger partial charge is 0.303 e. The zero-order valence-electron chi connectivity index (χ0n) is 12.9. The van der Waals surface area contributed by atoms with E-state index in [1.807, 2.05) is 27.7 Å². The molecule has 4 N–H and O–H groups in total. The van der Waals surface area contributed by atoms with Gasteiger partial charge in [0, 0.05) is 13.0 Å². The van der Waals surface area contributed by atoms with E-state index in [1.165, 1.54) is 0 Å². The molecule has 20 heavy (non-hydrogen) atoms. The Morgan fingerprint density at radius 3 is 2.00 bits per heavy atom. The summed E-state index contributed by atoms with van der Waals surface area (Å²) in [5.41, 5.74) is 5.78. The molecule has 0 saturated carbocycles. The second-order valence-electron chi connectivity index (χ2n) is 6.07. The average Bonchev–Trinajstić information content (AvgIpc) is 2.22. The first-order valence-electron chi connectivity index (χ1n) is 6.97. The van der Waals surface area contributed by atoms with E-state index in [-0.39, 0.29) is 30.7 Å². The Hall–Kier alpha value is -0.810. The molecular formula is C14H29ClN2O3. The number of rotatable bonds is 9. The van der Waals surface area contributed by atoms with Crippen LogP contribution in [0.25, 0.3) is 0 Å². The van der Waals surface area contributed by atoms with E-state index in [9.17, 15) is 9.59 Å². The second kappa shape index (κ2) is 10.9. The van der Waals surface area contributed by atoms with Crippen LogP contribution in [-0.4, -0.2) is 29.6 Å². The summed E-state index contributed by atoms with van der Waals surface area (Å²) in [7, 11) is 0. The van der Waals surface area contributed by atoms with Crippen LogP contribution in [0.2, 0.25) is 0 Å². The number of nitrogens with one attached hydrogen (secondary N) is 1. The Morgan fingerprint density at radius 2 is 1.60 bits per heavy atom. The quantitative estimate of drug-likeness (QED) is 0.607. The van der Waals surface area contributed by atoms with Gasteiger partial charge >= 0.3 is 5.97 Å². The van der Waals surface area contributed by atoms with Crippen molar-refractivity contribution in [2.75, 3.05) is 6.54 Å². The number of hydrogen-bond acceptors (Lipinski definition) is 3. The molecule has 2 atom stereocenters. The summed E-state index contributed by atoms with van der Waals surface area (Å²) in [6.45, 7) is 8.50. The van der Waals surface area contributed by atoms with E-state index >= 15 is 0 Å². The molecule has 5 nitrogen and oxygen atoms in total. The lowest BCUT2D eigenvalue weighted by Crippen LogP contribution is -2.43. The molecule has 0 saturated heterocycles. The van der Waals surface area contributed by atoms with Crippen LogP contribution in [0, 0.1) is 17.8 Å². The number of carboxylic acid groups (broad SMARTS) is 1. The Bertz CT molecular complexity index is 296. The lowest BCUT2D eigenvalue weighted by molar-refractivity contribution is -0.138. The number of amides is 1. The molecule has 0 bridgehead atoms. The van der Waals surface area contributed by atoms with Crippen LogP contribution in [0.5, 0.6) is 0 Å². The Balaban J connectivity index is 0. The van der Waals surface area contributed by atoms with E-state index in [1.54, 1.807) is 0 Å². The molecule has 6 heteroatoms. The zero-order valence-corrected chi connectivity index (χ0v) is 13.7. The summed E-state index contributed by atoms with van der Waals surface area (Å²) >= 11 is 0. The highest BCUT2D eigenvalue weighted by Gasteiger charge is 2.19. The van der Waals surface area contributed by atoms with Crippen LogP contribution in [0.4, 0.5) is 0 Å². The fourth-order valence-electron chi connectivity index (χ4n) is 2.14. The molecule has 0 heterocycles. The Kier molecular flexibility index (Phi) is 11.7. The summed E-state index contributed by atoms with van der Waals surface area (Å²) in [5.74, 6) is -0.274. The maximum absolute atomic E-state index is 11.8.